The summed E-state index contributed by atoms with van der Waals surface area (Å²) in [5.41, 5.74) is 5.40. The van der Waals surface area contributed by atoms with Crippen molar-refractivity contribution in [2.75, 3.05) is 46.0 Å². The monoisotopic (exact) mass is 514 g/mol. The van der Waals surface area contributed by atoms with Crippen LogP contribution in [-0.2, 0) is 27.3 Å². The van der Waals surface area contributed by atoms with Gasteiger partial charge >= 0.3 is 0 Å². The number of aromatic nitrogens is 1. The SMILES string of the molecule is CC(=O)N1CCNCC1C(=O)N1CCOCCOc2ccc(-c3cccnc3)cc2Cc2cccc(c2)C1. The highest BCUT2D eigenvalue weighted by Crippen LogP contribution is 2.29. The Morgan fingerprint density at radius 2 is 1.87 bits per heavy atom. The van der Waals surface area contributed by atoms with Crippen LogP contribution in [0.1, 0.15) is 23.6 Å². The van der Waals surface area contributed by atoms with Gasteiger partial charge in [0, 0.05) is 64.0 Å². The Bertz CT molecular complexity index is 1270. The van der Waals surface area contributed by atoms with Gasteiger partial charge in [-0.05, 0) is 40.5 Å². The molecule has 2 aromatic carbocycles. The summed E-state index contributed by atoms with van der Waals surface area (Å²) in [6.07, 6.45) is 4.32. The highest BCUT2D eigenvalue weighted by atomic mass is 16.5. The van der Waals surface area contributed by atoms with Gasteiger partial charge in [-0.25, -0.2) is 0 Å². The number of amides is 2. The minimum absolute atomic E-state index is 0.0591. The van der Waals surface area contributed by atoms with Crippen LogP contribution in [0.5, 0.6) is 5.75 Å². The van der Waals surface area contributed by atoms with Crippen molar-refractivity contribution in [2.24, 2.45) is 0 Å². The molecule has 1 atom stereocenters. The zero-order chi connectivity index (χ0) is 26.3. The number of nitrogens with one attached hydrogen (secondary N) is 1. The van der Waals surface area contributed by atoms with Crippen molar-refractivity contribution >= 4 is 11.8 Å². The van der Waals surface area contributed by atoms with Gasteiger partial charge in [0.15, 0.2) is 0 Å². The molecular weight excluding hydrogens is 480 g/mol. The van der Waals surface area contributed by atoms with E-state index in [4.69, 9.17) is 9.47 Å². The minimum atomic E-state index is -0.510. The van der Waals surface area contributed by atoms with Crippen LogP contribution >= 0.6 is 0 Å². The molecule has 1 saturated heterocycles. The number of piperazine rings is 1. The smallest absolute Gasteiger partial charge is 0.247 e. The molecule has 0 saturated carbocycles. The van der Waals surface area contributed by atoms with E-state index in [9.17, 15) is 9.59 Å². The highest BCUT2D eigenvalue weighted by Gasteiger charge is 2.33. The van der Waals surface area contributed by atoms with E-state index in [0.717, 1.165) is 33.6 Å². The van der Waals surface area contributed by atoms with Crippen LogP contribution in [0.3, 0.4) is 0 Å². The van der Waals surface area contributed by atoms with E-state index in [0.29, 0.717) is 59.0 Å². The van der Waals surface area contributed by atoms with Crippen molar-refractivity contribution in [1.29, 1.82) is 0 Å². The van der Waals surface area contributed by atoms with Gasteiger partial charge in [0.1, 0.15) is 18.4 Å². The van der Waals surface area contributed by atoms with Gasteiger partial charge in [0.05, 0.1) is 13.2 Å². The fourth-order valence-electron chi connectivity index (χ4n) is 5.12. The average molecular weight is 515 g/mol. The summed E-state index contributed by atoms with van der Waals surface area (Å²) in [6, 6.07) is 18.0. The van der Waals surface area contributed by atoms with E-state index in [-0.39, 0.29) is 11.8 Å². The van der Waals surface area contributed by atoms with Crippen molar-refractivity contribution in [3.05, 3.63) is 83.7 Å². The lowest BCUT2D eigenvalue weighted by Crippen LogP contribution is -2.59. The van der Waals surface area contributed by atoms with Crippen molar-refractivity contribution in [3.63, 3.8) is 0 Å². The van der Waals surface area contributed by atoms with Crippen LogP contribution < -0.4 is 10.1 Å². The molecule has 1 aromatic heterocycles. The molecule has 0 radical (unpaired) electrons. The molecule has 5 rings (SSSR count). The third-order valence-corrected chi connectivity index (χ3v) is 7.05. The van der Waals surface area contributed by atoms with E-state index in [1.54, 1.807) is 11.1 Å². The van der Waals surface area contributed by atoms with Crippen LogP contribution in [0.15, 0.2) is 67.0 Å². The molecule has 3 heterocycles. The molecule has 0 aliphatic carbocycles. The van der Waals surface area contributed by atoms with Gasteiger partial charge in [-0.15, -0.1) is 0 Å². The quantitative estimate of drug-likeness (QED) is 0.566. The van der Waals surface area contributed by atoms with Crippen LogP contribution in [0.2, 0.25) is 0 Å². The van der Waals surface area contributed by atoms with E-state index >= 15 is 0 Å². The zero-order valence-corrected chi connectivity index (χ0v) is 21.8. The van der Waals surface area contributed by atoms with Crippen LogP contribution in [0, 0.1) is 0 Å². The van der Waals surface area contributed by atoms with E-state index < -0.39 is 6.04 Å². The number of pyridine rings is 1. The van der Waals surface area contributed by atoms with Crippen LogP contribution in [0.4, 0.5) is 0 Å². The number of carbonyl (C=O) groups excluding carboxylic acids is 2. The van der Waals surface area contributed by atoms with E-state index in [2.05, 4.69) is 34.6 Å². The first-order valence-electron chi connectivity index (χ1n) is 13.2. The number of hydrogen-bond donors (Lipinski definition) is 1. The molecule has 2 bridgehead atoms. The Balaban J connectivity index is 1.42. The number of carbonyl (C=O) groups is 2. The largest absolute Gasteiger partial charge is 0.491 e. The Morgan fingerprint density at radius 3 is 2.71 bits per heavy atom. The van der Waals surface area contributed by atoms with Gasteiger partial charge in [-0.2, -0.15) is 0 Å². The summed E-state index contributed by atoms with van der Waals surface area (Å²) in [5, 5.41) is 3.26. The normalized spacial score (nSPS) is 18.6. The number of ether oxygens (including phenoxy) is 2. The molecular formula is C30H34N4O4. The maximum Gasteiger partial charge on any atom is 0.247 e. The Hall–Kier alpha value is -3.75. The summed E-state index contributed by atoms with van der Waals surface area (Å²) in [5.74, 6) is 0.706. The number of hydrogen-bond acceptors (Lipinski definition) is 6. The third kappa shape index (κ3) is 6.20. The number of rotatable bonds is 2. The highest BCUT2D eigenvalue weighted by molar-refractivity contribution is 5.87. The second-order valence-corrected chi connectivity index (χ2v) is 9.71. The van der Waals surface area contributed by atoms with E-state index in [1.165, 1.54) is 6.92 Å². The number of nitrogens with zero attached hydrogens (tertiary/aromatic N) is 3. The van der Waals surface area contributed by atoms with Crippen molar-refractivity contribution in [1.82, 2.24) is 20.1 Å². The molecule has 0 spiro atoms. The predicted octanol–water partition coefficient (Wildman–Crippen LogP) is 2.90. The van der Waals surface area contributed by atoms with Gasteiger partial charge in [-0.1, -0.05) is 36.4 Å². The van der Waals surface area contributed by atoms with Crippen molar-refractivity contribution in [3.8, 4) is 16.9 Å². The fraction of sp³-hybridized carbons (Fsp3) is 0.367. The summed E-state index contributed by atoms with van der Waals surface area (Å²) >= 11 is 0. The molecule has 2 aliphatic heterocycles. The summed E-state index contributed by atoms with van der Waals surface area (Å²) in [7, 11) is 0. The summed E-state index contributed by atoms with van der Waals surface area (Å²) in [4.78, 5) is 33.6. The summed E-state index contributed by atoms with van der Waals surface area (Å²) < 4.78 is 12.0. The average Bonchev–Trinajstić information content (AvgIpc) is 2.94. The lowest BCUT2D eigenvalue weighted by atomic mass is 9.98. The fourth-order valence-corrected chi connectivity index (χ4v) is 5.12. The minimum Gasteiger partial charge on any atom is -0.491 e. The lowest BCUT2D eigenvalue weighted by molar-refractivity contribution is -0.146. The maximum atomic E-state index is 13.6. The van der Waals surface area contributed by atoms with Crippen molar-refractivity contribution < 1.29 is 19.1 Å². The van der Waals surface area contributed by atoms with Crippen LogP contribution in [0.25, 0.3) is 11.1 Å². The molecule has 2 amide bonds. The Kier molecular flexibility index (Phi) is 8.31. The van der Waals surface area contributed by atoms with Gasteiger partial charge < -0.3 is 24.6 Å². The molecule has 8 nitrogen and oxygen atoms in total. The maximum absolute atomic E-state index is 13.6. The van der Waals surface area contributed by atoms with Gasteiger partial charge in [0.2, 0.25) is 11.8 Å². The summed E-state index contributed by atoms with van der Waals surface area (Å²) in [6.45, 7) is 5.33. The molecule has 1 unspecified atom stereocenters. The lowest BCUT2D eigenvalue weighted by Gasteiger charge is -2.37. The second-order valence-electron chi connectivity index (χ2n) is 9.71. The molecule has 2 aliphatic rings. The molecule has 8 heteroatoms. The third-order valence-electron chi connectivity index (χ3n) is 7.05. The van der Waals surface area contributed by atoms with E-state index in [1.807, 2.05) is 41.4 Å². The zero-order valence-electron chi connectivity index (χ0n) is 21.8. The second kappa shape index (κ2) is 12.2. The van der Waals surface area contributed by atoms with Crippen LogP contribution in [-0.4, -0.2) is 78.6 Å². The predicted molar refractivity (Wildman–Crippen MR) is 145 cm³/mol. The Morgan fingerprint density at radius 1 is 0.974 bits per heavy atom. The molecule has 38 heavy (non-hydrogen) atoms. The Labute approximate surface area is 223 Å². The van der Waals surface area contributed by atoms with Gasteiger partial charge in [-0.3, -0.25) is 14.6 Å². The molecule has 3 aromatic rings. The van der Waals surface area contributed by atoms with Gasteiger partial charge in [0.25, 0.3) is 0 Å². The van der Waals surface area contributed by atoms with Crippen molar-refractivity contribution in [2.45, 2.75) is 25.9 Å². The first kappa shape index (κ1) is 25.9. The molecule has 1 fully saturated rings. The first-order valence-corrected chi connectivity index (χ1v) is 13.2. The number of fused-ring (bicyclic) bond motifs is 3. The number of benzene rings is 2. The molecule has 198 valence electrons. The standard InChI is InChI=1S/C30H34N4O4/c1-22(35)34-11-10-32-20-28(34)30(36)33-12-13-37-14-15-38-29-8-7-25(26-6-3-9-31-19-26)18-27(29)17-23-4-2-5-24(16-23)21-33/h2-9,16,18-19,28,32H,10-15,17,20-21H2,1H3. The topological polar surface area (TPSA) is 84.0 Å². The first-order chi connectivity index (χ1) is 18.6. The molecule has 1 N–H and O–H groups in total.